The Bertz CT molecular complexity index is 594. The molecule has 2 atom stereocenters. The molecule has 1 aromatic rings. The molecule has 24 heavy (non-hydrogen) atoms. The van der Waals surface area contributed by atoms with Crippen LogP contribution in [0.5, 0.6) is 0 Å². The molecule has 4 heteroatoms. The minimum absolute atomic E-state index is 0.134. The van der Waals surface area contributed by atoms with E-state index in [2.05, 4.69) is 61.5 Å². The van der Waals surface area contributed by atoms with E-state index in [1.165, 1.54) is 5.56 Å². The Hall–Kier alpha value is -1.23. The van der Waals surface area contributed by atoms with Crippen LogP contribution in [0.3, 0.4) is 0 Å². The van der Waals surface area contributed by atoms with Crippen molar-refractivity contribution >= 4 is 13.9 Å². The van der Waals surface area contributed by atoms with Gasteiger partial charge >= 0.3 is 0 Å². The summed E-state index contributed by atoms with van der Waals surface area (Å²) in [5.41, 5.74) is 1.34. The average Bonchev–Trinajstić information content (AvgIpc) is 2.53. The molecule has 0 aliphatic carbocycles. The summed E-state index contributed by atoms with van der Waals surface area (Å²) < 4.78 is 5.79. The molecule has 130 valence electrons. The lowest BCUT2D eigenvalue weighted by Gasteiger charge is -2.48. The molecule has 3 nitrogen and oxygen atoms in total. The summed E-state index contributed by atoms with van der Waals surface area (Å²) in [6.45, 7) is 13.2. The standard InChI is InChI=1S/C20H29NO2Si/c1-15(24(2,3)4)20(22)17-10-18-13-23-14-19(11-17)21(18)12-16-8-6-5-7-9-16/h5-9,17-19H,1,10-14H2,2-4H3. The summed E-state index contributed by atoms with van der Waals surface area (Å²) >= 11 is 0. The van der Waals surface area contributed by atoms with Gasteiger partial charge in [0.05, 0.1) is 21.3 Å². The van der Waals surface area contributed by atoms with E-state index in [4.69, 9.17) is 4.74 Å². The van der Waals surface area contributed by atoms with Crippen LogP contribution in [0.15, 0.2) is 42.1 Å². The third-order valence-corrected chi connectivity index (χ3v) is 7.51. The van der Waals surface area contributed by atoms with Gasteiger partial charge in [-0.1, -0.05) is 56.6 Å². The quantitative estimate of drug-likeness (QED) is 0.603. The van der Waals surface area contributed by atoms with E-state index < -0.39 is 8.07 Å². The third kappa shape index (κ3) is 3.71. The summed E-state index contributed by atoms with van der Waals surface area (Å²) in [6, 6.07) is 11.3. The average molecular weight is 344 g/mol. The number of nitrogens with zero attached hydrogens (tertiary/aromatic N) is 1. The van der Waals surface area contributed by atoms with Crippen molar-refractivity contribution in [3.63, 3.8) is 0 Å². The fourth-order valence-corrected chi connectivity index (χ4v) is 4.82. The molecule has 2 unspecified atom stereocenters. The zero-order valence-corrected chi connectivity index (χ0v) is 16.1. The molecule has 2 saturated heterocycles. The number of piperidine rings is 1. The second-order valence-corrected chi connectivity index (χ2v) is 13.4. The second kappa shape index (κ2) is 6.94. The summed E-state index contributed by atoms with van der Waals surface area (Å²) in [5.74, 6) is 0.459. The van der Waals surface area contributed by atoms with Crippen LogP contribution >= 0.6 is 0 Å². The number of carbonyl (C=O) groups excluding carboxylic acids is 1. The van der Waals surface area contributed by atoms with Gasteiger partial charge in [0.15, 0.2) is 5.78 Å². The van der Waals surface area contributed by atoms with E-state index >= 15 is 0 Å². The topological polar surface area (TPSA) is 29.5 Å². The maximum atomic E-state index is 12.9. The van der Waals surface area contributed by atoms with Crippen LogP contribution < -0.4 is 0 Å². The summed E-state index contributed by atoms with van der Waals surface area (Å²) in [7, 11) is -1.61. The first-order valence-corrected chi connectivity index (χ1v) is 12.5. The van der Waals surface area contributed by atoms with Gasteiger partial charge in [0, 0.05) is 24.5 Å². The Morgan fingerprint density at radius 2 is 1.75 bits per heavy atom. The van der Waals surface area contributed by atoms with Crippen molar-refractivity contribution in [1.29, 1.82) is 0 Å². The highest BCUT2D eigenvalue weighted by molar-refractivity contribution is 6.87. The number of Topliss-reactive ketones (excluding diaryl/α,β-unsaturated/α-hetero) is 1. The fourth-order valence-electron chi connectivity index (χ4n) is 3.87. The summed E-state index contributed by atoms with van der Waals surface area (Å²) in [5, 5.41) is 0.906. The molecule has 2 bridgehead atoms. The minimum atomic E-state index is -1.61. The number of hydrogen-bond donors (Lipinski definition) is 0. The van der Waals surface area contributed by atoms with E-state index in [-0.39, 0.29) is 5.92 Å². The van der Waals surface area contributed by atoms with Crippen LogP contribution in [-0.4, -0.2) is 44.1 Å². The highest BCUT2D eigenvalue weighted by atomic mass is 28.3. The highest BCUT2D eigenvalue weighted by Gasteiger charge is 2.42. The van der Waals surface area contributed by atoms with Gasteiger partial charge in [-0.25, -0.2) is 0 Å². The second-order valence-electron chi connectivity index (χ2n) is 8.26. The molecule has 0 saturated carbocycles. The number of morpholine rings is 1. The lowest BCUT2D eigenvalue weighted by molar-refractivity contribution is -0.129. The molecule has 0 N–H and O–H groups in total. The molecule has 0 radical (unpaired) electrons. The molecule has 2 aliphatic heterocycles. The van der Waals surface area contributed by atoms with E-state index in [1.807, 2.05) is 0 Å². The first-order chi connectivity index (χ1) is 11.4. The predicted octanol–water partition coefficient (Wildman–Crippen LogP) is 3.67. The van der Waals surface area contributed by atoms with E-state index in [9.17, 15) is 4.79 Å². The molecule has 0 aromatic heterocycles. The van der Waals surface area contributed by atoms with Gasteiger partial charge < -0.3 is 4.74 Å². The van der Waals surface area contributed by atoms with Gasteiger partial charge in [0.2, 0.25) is 0 Å². The first-order valence-electron chi connectivity index (χ1n) is 8.97. The first kappa shape index (κ1) is 17.6. The van der Waals surface area contributed by atoms with Crippen molar-refractivity contribution in [3.05, 3.63) is 47.7 Å². The van der Waals surface area contributed by atoms with Crippen molar-refractivity contribution < 1.29 is 9.53 Å². The van der Waals surface area contributed by atoms with Gasteiger partial charge in [-0.15, -0.1) is 0 Å². The van der Waals surface area contributed by atoms with Crippen LogP contribution in [0, 0.1) is 5.92 Å². The zero-order valence-electron chi connectivity index (χ0n) is 15.1. The highest BCUT2D eigenvalue weighted by Crippen LogP contribution is 2.35. The van der Waals surface area contributed by atoms with Crippen LogP contribution in [0.2, 0.25) is 19.6 Å². The molecule has 3 rings (SSSR count). The van der Waals surface area contributed by atoms with Crippen molar-refractivity contribution in [2.75, 3.05) is 13.2 Å². The third-order valence-electron chi connectivity index (χ3n) is 5.45. The van der Waals surface area contributed by atoms with Crippen LogP contribution in [0.25, 0.3) is 0 Å². The molecule has 2 heterocycles. The lowest BCUT2D eigenvalue weighted by atomic mass is 9.82. The monoisotopic (exact) mass is 343 g/mol. The molecular formula is C20H29NO2Si. The van der Waals surface area contributed by atoms with Gasteiger partial charge in [0.25, 0.3) is 0 Å². The van der Waals surface area contributed by atoms with Gasteiger partial charge in [-0.3, -0.25) is 9.69 Å². The number of allylic oxidation sites excluding steroid dienone is 1. The smallest absolute Gasteiger partial charge is 0.157 e. The number of rotatable bonds is 5. The van der Waals surface area contributed by atoms with E-state index in [1.54, 1.807) is 0 Å². The Kier molecular flexibility index (Phi) is 5.09. The predicted molar refractivity (Wildman–Crippen MR) is 101 cm³/mol. The number of fused-ring (bicyclic) bond motifs is 2. The molecular weight excluding hydrogens is 314 g/mol. The Balaban J connectivity index is 1.71. The number of ketones is 1. The van der Waals surface area contributed by atoms with Gasteiger partial charge in [0.1, 0.15) is 0 Å². The van der Waals surface area contributed by atoms with Crippen LogP contribution in [0.1, 0.15) is 18.4 Å². The maximum Gasteiger partial charge on any atom is 0.157 e. The molecule has 0 amide bonds. The van der Waals surface area contributed by atoms with Crippen molar-refractivity contribution in [2.24, 2.45) is 5.92 Å². The SMILES string of the molecule is C=C(C(=O)C1CC2COCC(C1)N2Cc1ccccc1)[Si](C)(C)C. The van der Waals surface area contributed by atoms with Crippen LogP contribution in [0.4, 0.5) is 0 Å². The normalized spacial score (nSPS) is 27.7. The Morgan fingerprint density at radius 3 is 2.29 bits per heavy atom. The van der Waals surface area contributed by atoms with Crippen LogP contribution in [-0.2, 0) is 16.1 Å². The Labute approximate surface area is 146 Å². The maximum absolute atomic E-state index is 12.9. The molecule has 2 fully saturated rings. The van der Waals surface area contributed by atoms with E-state index in [0.717, 1.165) is 37.8 Å². The van der Waals surface area contributed by atoms with Gasteiger partial charge in [-0.05, 0) is 23.6 Å². The largest absolute Gasteiger partial charge is 0.378 e. The number of benzene rings is 1. The fraction of sp³-hybridized carbons (Fsp3) is 0.550. The van der Waals surface area contributed by atoms with Crippen molar-refractivity contribution in [2.45, 2.75) is 51.1 Å². The molecule has 1 aromatic carbocycles. The number of carbonyl (C=O) groups is 1. The molecule has 2 aliphatic rings. The zero-order chi connectivity index (χ0) is 17.3. The number of hydrogen-bond acceptors (Lipinski definition) is 3. The van der Waals surface area contributed by atoms with Crippen molar-refractivity contribution in [3.8, 4) is 0 Å². The Morgan fingerprint density at radius 1 is 1.17 bits per heavy atom. The summed E-state index contributed by atoms with van der Waals surface area (Å²) in [6.07, 6.45) is 1.82. The number of ether oxygens (including phenoxy) is 1. The van der Waals surface area contributed by atoms with Gasteiger partial charge in [-0.2, -0.15) is 0 Å². The summed E-state index contributed by atoms with van der Waals surface area (Å²) in [4.78, 5) is 15.5. The minimum Gasteiger partial charge on any atom is -0.378 e. The van der Waals surface area contributed by atoms with E-state index in [0.29, 0.717) is 17.9 Å². The van der Waals surface area contributed by atoms with Crippen molar-refractivity contribution in [1.82, 2.24) is 4.90 Å². The molecule has 0 spiro atoms. The lowest BCUT2D eigenvalue weighted by Crippen LogP contribution is -2.57.